The molecule has 0 aromatic heterocycles. The number of benzene rings is 2. The van der Waals surface area contributed by atoms with Crippen LogP contribution in [0, 0.1) is 23.6 Å². The van der Waals surface area contributed by atoms with E-state index in [-0.39, 0.29) is 41.4 Å². The van der Waals surface area contributed by atoms with Gasteiger partial charge in [0, 0.05) is 5.92 Å². The zero-order valence-electron chi connectivity index (χ0n) is 20.0. The predicted octanol–water partition coefficient (Wildman–Crippen LogP) is 5.65. The SMILES string of the molecule is CCC1=C2[C@@H](CC/C(C)=C/c3ccc(O)c(F)c3)OC[C@@H]2[C@@H]2C(=O)N(c3ccccc3)C(=O)[C@@H]2C1. The summed E-state index contributed by atoms with van der Waals surface area (Å²) in [5.41, 5.74) is 4.88. The van der Waals surface area contributed by atoms with Crippen LogP contribution in [0.1, 0.15) is 45.1 Å². The number of carbonyl (C=O) groups is 2. The summed E-state index contributed by atoms with van der Waals surface area (Å²) < 4.78 is 19.9. The number of para-hydroxylation sites is 1. The molecule has 2 fully saturated rings. The molecule has 2 saturated heterocycles. The summed E-state index contributed by atoms with van der Waals surface area (Å²) in [5, 5.41) is 9.40. The Morgan fingerprint density at radius 2 is 1.91 bits per heavy atom. The second-order valence-corrected chi connectivity index (χ2v) is 9.76. The van der Waals surface area contributed by atoms with Crippen LogP contribution in [0.15, 0.2) is 65.3 Å². The summed E-state index contributed by atoms with van der Waals surface area (Å²) in [6.45, 7) is 4.56. The number of hydrogen-bond donors (Lipinski definition) is 1. The number of ether oxygens (including phenoxy) is 1. The minimum Gasteiger partial charge on any atom is -0.505 e. The van der Waals surface area contributed by atoms with Gasteiger partial charge in [-0.25, -0.2) is 4.39 Å². The Bertz CT molecular complexity index is 1220. The smallest absolute Gasteiger partial charge is 0.238 e. The predicted molar refractivity (Wildman–Crippen MR) is 132 cm³/mol. The van der Waals surface area contributed by atoms with Crippen LogP contribution in [0.4, 0.5) is 10.1 Å². The number of anilines is 1. The molecule has 2 aromatic carbocycles. The summed E-state index contributed by atoms with van der Waals surface area (Å²) in [4.78, 5) is 28.2. The second-order valence-electron chi connectivity index (χ2n) is 9.76. The summed E-state index contributed by atoms with van der Waals surface area (Å²) in [5.74, 6) is -1.95. The van der Waals surface area contributed by atoms with Gasteiger partial charge >= 0.3 is 0 Å². The van der Waals surface area contributed by atoms with Gasteiger partial charge in [0.25, 0.3) is 0 Å². The van der Waals surface area contributed by atoms with E-state index in [0.717, 1.165) is 24.8 Å². The molecule has 0 spiro atoms. The standard InChI is InChI=1S/C29H30FNO4/c1-3-19-15-21-27(29(34)31(28(21)33)20-7-5-4-6-8-20)22-16-35-25(26(19)22)12-9-17(2)13-18-10-11-24(32)23(30)14-18/h4-8,10-11,13-14,21-22,25,27,32H,3,9,12,15-16H2,1-2H3/b17-13+/t21-,22+,25-,27-/m1/s1. The normalized spacial score (nSPS) is 26.4. The molecule has 0 unspecified atom stereocenters. The maximum atomic E-state index is 13.7. The van der Waals surface area contributed by atoms with Crippen molar-refractivity contribution in [1.29, 1.82) is 0 Å². The average molecular weight is 476 g/mol. The largest absolute Gasteiger partial charge is 0.505 e. The topological polar surface area (TPSA) is 66.8 Å². The van der Waals surface area contributed by atoms with E-state index >= 15 is 0 Å². The number of aromatic hydroxyl groups is 1. The molecule has 5 nitrogen and oxygen atoms in total. The molecule has 5 rings (SSSR count). The van der Waals surface area contributed by atoms with Crippen LogP contribution in [0.2, 0.25) is 0 Å². The van der Waals surface area contributed by atoms with Gasteiger partial charge in [0.2, 0.25) is 11.8 Å². The molecule has 0 bridgehead atoms. The van der Waals surface area contributed by atoms with Crippen LogP contribution in [0.5, 0.6) is 5.75 Å². The van der Waals surface area contributed by atoms with Gasteiger partial charge in [-0.3, -0.25) is 14.5 Å². The number of fused-ring (bicyclic) bond motifs is 3. The zero-order chi connectivity index (χ0) is 24.7. The van der Waals surface area contributed by atoms with Crippen LogP contribution in [0.25, 0.3) is 6.08 Å². The van der Waals surface area contributed by atoms with Crippen molar-refractivity contribution in [2.24, 2.45) is 17.8 Å². The van der Waals surface area contributed by atoms with Crippen LogP contribution >= 0.6 is 0 Å². The van der Waals surface area contributed by atoms with Crippen molar-refractivity contribution >= 4 is 23.6 Å². The summed E-state index contributed by atoms with van der Waals surface area (Å²) in [7, 11) is 0. The summed E-state index contributed by atoms with van der Waals surface area (Å²) in [6, 6.07) is 13.5. The van der Waals surface area contributed by atoms with Gasteiger partial charge in [0.05, 0.1) is 30.2 Å². The lowest BCUT2D eigenvalue weighted by Gasteiger charge is -2.31. The third kappa shape index (κ3) is 4.20. The number of carbonyl (C=O) groups excluding carboxylic acids is 2. The molecule has 4 atom stereocenters. The minimum absolute atomic E-state index is 0.0608. The number of allylic oxidation sites excluding steroid dienone is 2. The Labute approximate surface area is 204 Å². The van der Waals surface area contributed by atoms with Crippen LogP contribution in [-0.2, 0) is 14.3 Å². The molecule has 6 heteroatoms. The Morgan fingerprint density at radius 1 is 1.14 bits per heavy atom. The van der Waals surface area contributed by atoms with E-state index in [1.807, 2.05) is 43.3 Å². The van der Waals surface area contributed by atoms with E-state index in [0.29, 0.717) is 24.3 Å². The number of phenols is 1. The summed E-state index contributed by atoms with van der Waals surface area (Å²) in [6.07, 6.45) is 4.81. The number of imide groups is 1. The maximum absolute atomic E-state index is 13.7. The van der Waals surface area contributed by atoms with E-state index in [2.05, 4.69) is 6.92 Å². The number of phenolic OH excluding ortho intramolecular Hbond substituents is 1. The van der Waals surface area contributed by atoms with Crippen molar-refractivity contribution in [3.05, 3.63) is 76.6 Å². The Morgan fingerprint density at radius 3 is 2.63 bits per heavy atom. The maximum Gasteiger partial charge on any atom is 0.238 e. The third-order valence-corrected chi connectivity index (χ3v) is 7.63. The molecule has 0 radical (unpaired) electrons. The van der Waals surface area contributed by atoms with E-state index < -0.39 is 5.82 Å². The van der Waals surface area contributed by atoms with Crippen LogP contribution in [0.3, 0.4) is 0 Å². The van der Waals surface area contributed by atoms with Crippen molar-refractivity contribution in [3.63, 3.8) is 0 Å². The highest BCUT2D eigenvalue weighted by molar-refractivity contribution is 6.22. The lowest BCUT2D eigenvalue weighted by molar-refractivity contribution is -0.122. The van der Waals surface area contributed by atoms with Gasteiger partial charge < -0.3 is 9.84 Å². The highest BCUT2D eigenvalue weighted by Crippen LogP contribution is 2.51. The van der Waals surface area contributed by atoms with Crippen molar-refractivity contribution < 1.29 is 23.8 Å². The van der Waals surface area contributed by atoms with Crippen molar-refractivity contribution in [3.8, 4) is 5.75 Å². The lowest BCUT2D eigenvalue weighted by atomic mass is 9.69. The quantitative estimate of drug-likeness (QED) is 0.433. The fraction of sp³-hybridized carbons (Fsp3) is 0.379. The zero-order valence-corrected chi connectivity index (χ0v) is 20.0. The first-order chi connectivity index (χ1) is 16.9. The number of halogens is 1. The summed E-state index contributed by atoms with van der Waals surface area (Å²) >= 11 is 0. The fourth-order valence-electron chi connectivity index (χ4n) is 5.97. The van der Waals surface area contributed by atoms with Gasteiger partial charge in [-0.2, -0.15) is 0 Å². The number of rotatable bonds is 6. The first-order valence-corrected chi connectivity index (χ1v) is 12.3. The van der Waals surface area contributed by atoms with Gasteiger partial charge in [0.1, 0.15) is 0 Å². The Kier molecular flexibility index (Phi) is 6.32. The molecule has 2 amide bonds. The van der Waals surface area contributed by atoms with Gasteiger partial charge in [0.15, 0.2) is 11.6 Å². The molecule has 182 valence electrons. The monoisotopic (exact) mass is 475 g/mol. The molecule has 2 aliphatic heterocycles. The molecule has 2 heterocycles. The third-order valence-electron chi connectivity index (χ3n) is 7.63. The minimum atomic E-state index is -0.636. The van der Waals surface area contributed by atoms with E-state index in [1.165, 1.54) is 28.2 Å². The molecule has 0 saturated carbocycles. The molecule has 1 N–H and O–H groups in total. The highest BCUT2D eigenvalue weighted by Gasteiger charge is 2.57. The van der Waals surface area contributed by atoms with Crippen molar-refractivity contribution in [2.75, 3.05) is 11.5 Å². The number of amides is 2. The number of hydrogen-bond acceptors (Lipinski definition) is 4. The number of nitrogens with zero attached hydrogens (tertiary/aromatic N) is 1. The fourth-order valence-corrected chi connectivity index (χ4v) is 5.97. The van der Waals surface area contributed by atoms with Crippen molar-refractivity contribution in [1.82, 2.24) is 0 Å². The van der Waals surface area contributed by atoms with Gasteiger partial charge in [-0.1, -0.05) is 48.4 Å². The molecular weight excluding hydrogens is 445 g/mol. The highest BCUT2D eigenvalue weighted by atomic mass is 19.1. The second kappa shape index (κ2) is 9.42. The van der Waals surface area contributed by atoms with E-state index in [1.54, 1.807) is 6.07 Å². The van der Waals surface area contributed by atoms with Gasteiger partial charge in [-0.05, 0) is 68.0 Å². The molecular formula is C29H30FNO4. The van der Waals surface area contributed by atoms with Gasteiger partial charge in [-0.15, -0.1) is 0 Å². The first kappa shape index (κ1) is 23.5. The van der Waals surface area contributed by atoms with Crippen LogP contribution in [-0.4, -0.2) is 29.6 Å². The van der Waals surface area contributed by atoms with E-state index in [9.17, 15) is 19.1 Å². The van der Waals surface area contributed by atoms with E-state index in [4.69, 9.17) is 4.74 Å². The molecule has 3 aliphatic rings. The van der Waals surface area contributed by atoms with Crippen LogP contribution < -0.4 is 4.90 Å². The van der Waals surface area contributed by atoms with Crippen molar-refractivity contribution in [2.45, 2.75) is 45.6 Å². The average Bonchev–Trinajstić information content (AvgIpc) is 3.38. The molecule has 1 aliphatic carbocycles. The Balaban J connectivity index is 1.34. The first-order valence-electron chi connectivity index (χ1n) is 12.3. The lowest BCUT2D eigenvalue weighted by Crippen LogP contribution is -2.34. The molecule has 35 heavy (non-hydrogen) atoms. The molecule has 2 aromatic rings. The Hall–Kier alpha value is -3.25.